The fraction of sp³-hybridized carbons (Fsp3) is 0.136. The molecule has 7 heteroatoms. The number of sulfonamides is 1. The number of aromatic nitrogens is 1. The van der Waals surface area contributed by atoms with Crippen LogP contribution in [0.25, 0.3) is 21.8 Å². The van der Waals surface area contributed by atoms with Crippen molar-refractivity contribution in [3.8, 4) is 0 Å². The third kappa shape index (κ3) is 4.31. The lowest BCUT2D eigenvalue weighted by Gasteiger charge is -2.14. The fourth-order valence-corrected chi connectivity index (χ4v) is 4.15. The van der Waals surface area contributed by atoms with Crippen LogP contribution >= 0.6 is 0 Å². The van der Waals surface area contributed by atoms with Gasteiger partial charge in [0.15, 0.2) is 0 Å². The molecule has 0 bridgehead atoms. The van der Waals surface area contributed by atoms with Gasteiger partial charge in [0.25, 0.3) is 0 Å². The van der Waals surface area contributed by atoms with Crippen LogP contribution in [0.1, 0.15) is 0 Å². The summed E-state index contributed by atoms with van der Waals surface area (Å²) in [5.41, 5.74) is 4.16. The number of hydrogen-bond acceptors (Lipinski definition) is 5. The SMILES string of the molecule is COCCS(=O)(=O)Nc1ccc(Nc2c3ccccc3nc3ccccc23)cc1. The van der Waals surface area contributed by atoms with E-state index in [1.54, 1.807) is 12.1 Å². The third-order valence-corrected chi connectivity index (χ3v) is 5.82. The van der Waals surface area contributed by atoms with Gasteiger partial charge in [0.1, 0.15) is 0 Å². The van der Waals surface area contributed by atoms with Crippen molar-refractivity contribution in [1.29, 1.82) is 0 Å². The summed E-state index contributed by atoms with van der Waals surface area (Å²) in [5, 5.41) is 5.52. The van der Waals surface area contributed by atoms with Crippen LogP contribution in [-0.2, 0) is 14.8 Å². The van der Waals surface area contributed by atoms with Gasteiger partial charge in [0.2, 0.25) is 10.0 Å². The molecule has 3 aromatic carbocycles. The van der Waals surface area contributed by atoms with E-state index in [1.807, 2.05) is 60.7 Å². The Hall–Kier alpha value is -3.16. The van der Waals surface area contributed by atoms with Crippen LogP contribution in [0.2, 0.25) is 0 Å². The van der Waals surface area contributed by atoms with Gasteiger partial charge in [-0.25, -0.2) is 13.4 Å². The van der Waals surface area contributed by atoms with Crippen LogP contribution in [0.5, 0.6) is 0 Å². The summed E-state index contributed by atoms with van der Waals surface area (Å²) in [7, 11) is -1.96. The molecule has 0 radical (unpaired) electrons. The second-order valence-corrected chi connectivity index (χ2v) is 8.48. The number of nitrogens with zero attached hydrogens (tertiary/aromatic N) is 1. The van der Waals surface area contributed by atoms with E-state index in [0.29, 0.717) is 5.69 Å². The molecule has 29 heavy (non-hydrogen) atoms. The quantitative estimate of drug-likeness (QED) is 0.440. The zero-order chi connectivity index (χ0) is 20.3. The topological polar surface area (TPSA) is 80.3 Å². The number of fused-ring (bicyclic) bond motifs is 2. The van der Waals surface area contributed by atoms with E-state index in [4.69, 9.17) is 9.72 Å². The molecule has 0 amide bonds. The van der Waals surface area contributed by atoms with Crippen LogP contribution < -0.4 is 10.0 Å². The Morgan fingerprint density at radius 1 is 0.828 bits per heavy atom. The summed E-state index contributed by atoms with van der Waals surface area (Å²) in [6.45, 7) is 0.150. The average molecular weight is 407 g/mol. The number of benzene rings is 3. The van der Waals surface area contributed by atoms with Crippen LogP contribution in [-0.4, -0.2) is 32.9 Å². The van der Waals surface area contributed by atoms with Gasteiger partial charge < -0.3 is 10.1 Å². The van der Waals surface area contributed by atoms with Gasteiger partial charge in [-0.1, -0.05) is 36.4 Å². The lowest BCUT2D eigenvalue weighted by molar-refractivity contribution is 0.217. The number of anilines is 3. The maximum Gasteiger partial charge on any atom is 0.234 e. The molecule has 0 fully saturated rings. The van der Waals surface area contributed by atoms with Gasteiger partial charge in [-0.05, 0) is 36.4 Å². The van der Waals surface area contributed by atoms with Crippen molar-refractivity contribution in [3.05, 3.63) is 72.8 Å². The predicted octanol–water partition coefficient (Wildman–Crippen LogP) is 4.52. The second kappa shape index (κ2) is 8.06. The maximum atomic E-state index is 12.0. The lowest BCUT2D eigenvalue weighted by atomic mass is 10.1. The molecule has 1 heterocycles. The van der Waals surface area contributed by atoms with E-state index < -0.39 is 10.0 Å². The molecule has 0 saturated heterocycles. The number of hydrogen-bond donors (Lipinski definition) is 2. The Morgan fingerprint density at radius 3 is 1.97 bits per heavy atom. The van der Waals surface area contributed by atoms with Gasteiger partial charge in [0.05, 0.1) is 29.1 Å². The molecular weight excluding hydrogens is 386 g/mol. The fourth-order valence-electron chi connectivity index (χ4n) is 3.16. The highest BCUT2D eigenvalue weighted by Crippen LogP contribution is 2.33. The lowest BCUT2D eigenvalue weighted by Crippen LogP contribution is -2.19. The van der Waals surface area contributed by atoms with Crippen LogP contribution in [0.4, 0.5) is 17.1 Å². The molecule has 0 aliphatic heterocycles. The number of methoxy groups -OCH3 is 1. The molecule has 148 valence electrons. The minimum absolute atomic E-state index is 0.0848. The first-order valence-electron chi connectivity index (χ1n) is 9.20. The zero-order valence-corrected chi connectivity index (χ0v) is 16.7. The average Bonchev–Trinajstić information content (AvgIpc) is 2.73. The number of nitrogens with one attached hydrogen (secondary N) is 2. The molecule has 0 unspecified atom stereocenters. The molecule has 2 N–H and O–H groups in total. The van der Waals surface area contributed by atoms with E-state index in [2.05, 4.69) is 10.0 Å². The number of pyridine rings is 1. The van der Waals surface area contributed by atoms with Gasteiger partial charge >= 0.3 is 0 Å². The molecule has 0 aliphatic carbocycles. The monoisotopic (exact) mass is 407 g/mol. The molecular formula is C22H21N3O3S. The Balaban J connectivity index is 1.65. The normalized spacial score (nSPS) is 11.6. The molecule has 0 atom stereocenters. The van der Waals surface area contributed by atoms with Crippen LogP contribution in [0.3, 0.4) is 0 Å². The van der Waals surface area contributed by atoms with E-state index >= 15 is 0 Å². The molecule has 0 saturated carbocycles. The highest BCUT2D eigenvalue weighted by molar-refractivity contribution is 7.92. The van der Waals surface area contributed by atoms with E-state index in [1.165, 1.54) is 7.11 Å². The zero-order valence-electron chi connectivity index (χ0n) is 15.9. The van der Waals surface area contributed by atoms with Crippen molar-refractivity contribution in [2.45, 2.75) is 0 Å². The predicted molar refractivity (Wildman–Crippen MR) is 118 cm³/mol. The summed E-state index contributed by atoms with van der Waals surface area (Å²) >= 11 is 0. The summed E-state index contributed by atoms with van der Waals surface area (Å²) in [5.74, 6) is -0.0848. The van der Waals surface area contributed by atoms with Gasteiger partial charge in [-0.15, -0.1) is 0 Å². The van der Waals surface area contributed by atoms with Crippen molar-refractivity contribution < 1.29 is 13.2 Å². The third-order valence-electron chi connectivity index (χ3n) is 4.57. The van der Waals surface area contributed by atoms with Gasteiger partial charge in [0, 0.05) is 29.3 Å². The Labute approximate surface area is 169 Å². The summed E-state index contributed by atoms with van der Waals surface area (Å²) in [6, 6.07) is 23.1. The minimum Gasteiger partial charge on any atom is -0.384 e. The first-order chi connectivity index (χ1) is 14.1. The standard InChI is InChI=1S/C22H21N3O3S/c1-28-14-15-29(26,27)25-17-12-10-16(11-13-17)23-22-18-6-2-4-8-20(18)24-21-9-5-3-7-19(21)22/h2-13,25H,14-15H2,1H3,(H,23,24). The molecule has 6 nitrogen and oxygen atoms in total. The Bertz CT molecular complexity index is 1200. The van der Waals surface area contributed by atoms with E-state index in [0.717, 1.165) is 33.2 Å². The molecule has 4 rings (SSSR count). The molecule has 0 aliphatic rings. The van der Waals surface area contributed by atoms with Gasteiger partial charge in [-0.3, -0.25) is 4.72 Å². The minimum atomic E-state index is -3.43. The number of rotatable bonds is 7. The summed E-state index contributed by atoms with van der Waals surface area (Å²) in [4.78, 5) is 4.73. The highest BCUT2D eigenvalue weighted by Gasteiger charge is 2.11. The Kier molecular flexibility index (Phi) is 5.33. The first kappa shape index (κ1) is 19.2. The number of para-hydroxylation sites is 2. The van der Waals surface area contributed by atoms with E-state index in [-0.39, 0.29) is 12.4 Å². The first-order valence-corrected chi connectivity index (χ1v) is 10.8. The molecule has 1 aromatic heterocycles. The molecule has 4 aromatic rings. The second-order valence-electron chi connectivity index (χ2n) is 6.64. The van der Waals surface area contributed by atoms with Crippen molar-refractivity contribution in [2.24, 2.45) is 0 Å². The Morgan fingerprint density at radius 2 is 1.38 bits per heavy atom. The summed E-state index contributed by atoms with van der Waals surface area (Å²) in [6.07, 6.45) is 0. The van der Waals surface area contributed by atoms with Crippen LogP contribution in [0.15, 0.2) is 72.8 Å². The van der Waals surface area contributed by atoms with Gasteiger partial charge in [-0.2, -0.15) is 0 Å². The summed E-state index contributed by atoms with van der Waals surface area (Å²) < 4.78 is 31.4. The smallest absolute Gasteiger partial charge is 0.234 e. The number of ether oxygens (including phenoxy) is 1. The maximum absolute atomic E-state index is 12.0. The van der Waals surface area contributed by atoms with Crippen molar-refractivity contribution in [2.75, 3.05) is 29.5 Å². The van der Waals surface area contributed by atoms with Crippen molar-refractivity contribution in [1.82, 2.24) is 4.98 Å². The van der Waals surface area contributed by atoms with Crippen molar-refractivity contribution >= 4 is 48.9 Å². The highest BCUT2D eigenvalue weighted by atomic mass is 32.2. The van der Waals surface area contributed by atoms with E-state index in [9.17, 15) is 8.42 Å². The van der Waals surface area contributed by atoms with Crippen molar-refractivity contribution in [3.63, 3.8) is 0 Å². The van der Waals surface area contributed by atoms with Crippen LogP contribution in [0, 0.1) is 0 Å². The molecule has 0 spiro atoms. The largest absolute Gasteiger partial charge is 0.384 e.